The lowest BCUT2D eigenvalue weighted by atomic mass is 9.96. The first-order valence-electron chi connectivity index (χ1n) is 12.1. The summed E-state index contributed by atoms with van der Waals surface area (Å²) in [7, 11) is 0. The van der Waals surface area contributed by atoms with Crippen molar-refractivity contribution >= 4 is 18.0 Å². The fraction of sp³-hybridized carbons (Fsp3) is 0.444. The molecule has 2 aromatic carbocycles. The molecule has 7 heteroatoms. The van der Waals surface area contributed by atoms with Gasteiger partial charge in [0, 0.05) is 31.0 Å². The Hall–Kier alpha value is -3.35. The van der Waals surface area contributed by atoms with Gasteiger partial charge in [0.15, 0.2) is 0 Å². The predicted octanol–water partition coefficient (Wildman–Crippen LogP) is 4.02. The van der Waals surface area contributed by atoms with Crippen molar-refractivity contribution < 1.29 is 24.2 Å². The van der Waals surface area contributed by atoms with E-state index in [-0.39, 0.29) is 36.9 Å². The number of hydrogen-bond donors (Lipinski definition) is 2. The van der Waals surface area contributed by atoms with Crippen LogP contribution in [0.5, 0.6) is 0 Å². The number of nitrogens with one attached hydrogen (secondary N) is 1. The number of nitrogens with zero attached hydrogens (tertiary/aromatic N) is 1. The van der Waals surface area contributed by atoms with Crippen LogP contribution in [0, 0.1) is 11.8 Å². The number of carbonyl (C=O) groups is 3. The molecule has 0 radical (unpaired) electrons. The molecule has 2 amide bonds. The maximum absolute atomic E-state index is 12.9. The van der Waals surface area contributed by atoms with Gasteiger partial charge in [-0.1, -0.05) is 48.5 Å². The fourth-order valence-corrected chi connectivity index (χ4v) is 5.78. The second-order valence-electron chi connectivity index (χ2n) is 9.64. The van der Waals surface area contributed by atoms with Crippen LogP contribution in [0.15, 0.2) is 48.5 Å². The average Bonchev–Trinajstić information content (AvgIpc) is 3.45. The van der Waals surface area contributed by atoms with E-state index in [1.54, 1.807) is 4.90 Å². The lowest BCUT2D eigenvalue weighted by Gasteiger charge is -2.32. The molecule has 2 fully saturated rings. The SMILES string of the molecule is O=C(N[C@H]1CC[C@@H](C(=O)N2CCCC(C(=O)O)C2)C1)OCC1c2ccccc2-c2ccccc21. The van der Waals surface area contributed by atoms with Gasteiger partial charge in [-0.3, -0.25) is 9.59 Å². The summed E-state index contributed by atoms with van der Waals surface area (Å²) in [4.78, 5) is 38.5. The highest BCUT2D eigenvalue weighted by molar-refractivity contribution is 5.81. The number of amides is 2. The molecule has 0 bridgehead atoms. The minimum absolute atomic E-state index is 0.0114. The van der Waals surface area contributed by atoms with Crippen LogP contribution >= 0.6 is 0 Å². The number of carboxylic acid groups (broad SMARTS) is 1. The summed E-state index contributed by atoms with van der Waals surface area (Å²) in [6.07, 6.45) is 2.87. The van der Waals surface area contributed by atoms with Crippen LogP contribution in [0.3, 0.4) is 0 Å². The Kier molecular flexibility index (Phi) is 6.26. The Morgan fingerprint density at radius 1 is 0.941 bits per heavy atom. The first kappa shape index (κ1) is 22.4. The normalized spacial score (nSPS) is 23.8. The van der Waals surface area contributed by atoms with Crippen LogP contribution < -0.4 is 5.32 Å². The molecule has 2 aliphatic carbocycles. The minimum Gasteiger partial charge on any atom is -0.481 e. The van der Waals surface area contributed by atoms with Gasteiger partial charge >= 0.3 is 12.1 Å². The van der Waals surface area contributed by atoms with E-state index in [4.69, 9.17) is 4.74 Å². The van der Waals surface area contributed by atoms with E-state index in [1.165, 1.54) is 22.3 Å². The van der Waals surface area contributed by atoms with E-state index >= 15 is 0 Å². The molecule has 1 saturated heterocycles. The molecule has 2 aromatic rings. The highest BCUT2D eigenvalue weighted by atomic mass is 16.5. The molecule has 178 valence electrons. The van der Waals surface area contributed by atoms with Crippen molar-refractivity contribution in [2.45, 2.75) is 44.1 Å². The second kappa shape index (κ2) is 9.49. The molecule has 5 rings (SSSR count). The highest BCUT2D eigenvalue weighted by Gasteiger charge is 2.36. The molecule has 2 N–H and O–H groups in total. The third kappa shape index (κ3) is 4.39. The van der Waals surface area contributed by atoms with E-state index in [0.717, 1.165) is 12.8 Å². The van der Waals surface area contributed by atoms with E-state index in [9.17, 15) is 19.5 Å². The van der Waals surface area contributed by atoms with Crippen LogP contribution in [0.1, 0.15) is 49.1 Å². The molecule has 1 aliphatic heterocycles. The number of aliphatic carboxylic acids is 1. The van der Waals surface area contributed by atoms with Crippen molar-refractivity contribution in [2.24, 2.45) is 11.8 Å². The second-order valence-corrected chi connectivity index (χ2v) is 9.64. The first-order chi connectivity index (χ1) is 16.5. The molecule has 34 heavy (non-hydrogen) atoms. The van der Waals surface area contributed by atoms with E-state index in [0.29, 0.717) is 25.8 Å². The zero-order valence-electron chi connectivity index (χ0n) is 19.1. The maximum Gasteiger partial charge on any atom is 0.407 e. The molecular weight excluding hydrogens is 432 g/mol. The van der Waals surface area contributed by atoms with Crippen molar-refractivity contribution in [3.63, 3.8) is 0 Å². The van der Waals surface area contributed by atoms with Crippen LogP contribution in [0.2, 0.25) is 0 Å². The summed E-state index contributed by atoms with van der Waals surface area (Å²) in [5.41, 5.74) is 4.72. The Labute approximate surface area is 199 Å². The van der Waals surface area contributed by atoms with Gasteiger partial charge < -0.3 is 20.1 Å². The summed E-state index contributed by atoms with van der Waals surface area (Å²) < 4.78 is 5.64. The smallest absolute Gasteiger partial charge is 0.407 e. The molecule has 7 nitrogen and oxygen atoms in total. The topological polar surface area (TPSA) is 95.9 Å². The summed E-state index contributed by atoms with van der Waals surface area (Å²) in [5, 5.41) is 12.2. The third-order valence-corrected chi connectivity index (χ3v) is 7.53. The average molecular weight is 463 g/mol. The van der Waals surface area contributed by atoms with Crippen molar-refractivity contribution in [2.75, 3.05) is 19.7 Å². The summed E-state index contributed by atoms with van der Waals surface area (Å²) in [6, 6.07) is 16.3. The fourth-order valence-electron chi connectivity index (χ4n) is 5.78. The lowest BCUT2D eigenvalue weighted by molar-refractivity contribution is -0.146. The van der Waals surface area contributed by atoms with E-state index in [1.807, 2.05) is 24.3 Å². The Bertz CT molecular complexity index is 1050. The van der Waals surface area contributed by atoms with Crippen molar-refractivity contribution in [3.05, 3.63) is 59.7 Å². The number of alkyl carbamates (subject to hydrolysis) is 1. The summed E-state index contributed by atoms with van der Waals surface area (Å²) in [5.74, 6) is -1.46. The zero-order valence-corrected chi connectivity index (χ0v) is 19.1. The first-order valence-corrected chi connectivity index (χ1v) is 12.1. The highest BCUT2D eigenvalue weighted by Crippen LogP contribution is 2.44. The summed E-state index contributed by atoms with van der Waals surface area (Å²) in [6.45, 7) is 1.16. The molecule has 3 aliphatic rings. The van der Waals surface area contributed by atoms with Gasteiger partial charge in [-0.15, -0.1) is 0 Å². The number of ether oxygens (including phenoxy) is 1. The number of fused-ring (bicyclic) bond motifs is 3. The van der Waals surface area contributed by atoms with Gasteiger partial charge in [0.25, 0.3) is 0 Å². The maximum atomic E-state index is 12.9. The minimum atomic E-state index is -0.835. The number of piperidine rings is 1. The molecule has 1 saturated carbocycles. The van der Waals surface area contributed by atoms with Crippen molar-refractivity contribution in [3.8, 4) is 11.1 Å². The molecule has 1 unspecified atom stereocenters. The van der Waals surface area contributed by atoms with Gasteiger partial charge in [0.1, 0.15) is 6.61 Å². The monoisotopic (exact) mass is 462 g/mol. The zero-order chi connectivity index (χ0) is 23.7. The Morgan fingerprint density at radius 3 is 2.29 bits per heavy atom. The molecular formula is C27H30N2O5. The van der Waals surface area contributed by atoms with Crippen LogP contribution in [-0.2, 0) is 14.3 Å². The number of likely N-dealkylation sites (tertiary alicyclic amines) is 1. The van der Waals surface area contributed by atoms with Crippen molar-refractivity contribution in [1.82, 2.24) is 10.2 Å². The Morgan fingerprint density at radius 2 is 1.62 bits per heavy atom. The van der Waals surface area contributed by atoms with Gasteiger partial charge in [-0.2, -0.15) is 0 Å². The third-order valence-electron chi connectivity index (χ3n) is 7.53. The quantitative estimate of drug-likeness (QED) is 0.700. The van der Waals surface area contributed by atoms with Gasteiger partial charge in [0.2, 0.25) is 5.91 Å². The van der Waals surface area contributed by atoms with E-state index in [2.05, 4.69) is 29.6 Å². The van der Waals surface area contributed by atoms with Gasteiger partial charge in [-0.25, -0.2) is 4.79 Å². The Balaban J connectivity index is 1.14. The summed E-state index contributed by atoms with van der Waals surface area (Å²) >= 11 is 0. The lowest BCUT2D eigenvalue weighted by Crippen LogP contribution is -2.45. The van der Waals surface area contributed by atoms with Crippen LogP contribution in [-0.4, -0.2) is 53.7 Å². The number of carbonyl (C=O) groups excluding carboxylic acids is 2. The molecule has 1 heterocycles. The predicted molar refractivity (Wildman–Crippen MR) is 126 cm³/mol. The number of rotatable bonds is 5. The van der Waals surface area contributed by atoms with Crippen LogP contribution in [0.25, 0.3) is 11.1 Å². The molecule has 0 spiro atoms. The standard InChI is InChI=1S/C27H30N2O5/c30-25(29-13-5-6-18(15-29)26(31)32)17-11-12-19(14-17)28-27(33)34-16-24-22-9-3-1-7-20(22)21-8-2-4-10-23(21)24/h1-4,7-10,17-19,24H,5-6,11-16H2,(H,28,33)(H,31,32)/t17-,18?,19+/m1/s1. The number of hydrogen-bond acceptors (Lipinski definition) is 4. The van der Waals surface area contributed by atoms with Gasteiger partial charge in [0.05, 0.1) is 5.92 Å². The molecule has 0 aromatic heterocycles. The largest absolute Gasteiger partial charge is 0.481 e. The molecule has 3 atom stereocenters. The van der Waals surface area contributed by atoms with Crippen molar-refractivity contribution in [1.29, 1.82) is 0 Å². The number of carboxylic acids is 1. The number of benzene rings is 2. The van der Waals surface area contributed by atoms with Gasteiger partial charge in [-0.05, 0) is 54.4 Å². The van der Waals surface area contributed by atoms with E-state index < -0.39 is 18.0 Å². The van der Waals surface area contributed by atoms with Crippen LogP contribution in [0.4, 0.5) is 4.79 Å².